The number of nitrogens with zero attached hydrogens (tertiary/aromatic N) is 1. The molecule has 20 heavy (non-hydrogen) atoms. The van der Waals surface area contributed by atoms with Crippen LogP contribution >= 0.6 is 11.3 Å². The second-order valence-corrected chi connectivity index (χ2v) is 6.63. The maximum Gasteiger partial charge on any atom is 0.427 e. The minimum atomic E-state index is -4.53. The number of rotatable bonds is 4. The zero-order chi connectivity index (χ0) is 14.8. The van der Waals surface area contributed by atoms with E-state index in [0.717, 1.165) is 0 Å². The van der Waals surface area contributed by atoms with Gasteiger partial charge in [0.05, 0.1) is 11.9 Å². The highest BCUT2D eigenvalue weighted by Gasteiger charge is 2.33. The topological polar surface area (TPSA) is 59.1 Å². The third kappa shape index (κ3) is 3.94. The summed E-state index contributed by atoms with van der Waals surface area (Å²) < 4.78 is 62.8. The maximum absolute atomic E-state index is 12.4. The number of anilines is 1. The van der Waals surface area contributed by atoms with Gasteiger partial charge in [-0.2, -0.15) is 13.2 Å². The quantitative estimate of drug-likeness (QED) is 0.941. The molecule has 1 aromatic heterocycles. The highest BCUT2D eigenvalue weighted by atomic mass is 32.2. The van der Waals surface area contributed by atoms with Gasteiger partial charge >= 0.3 is 6.18 Å². The second-order valence-electron chi connectivity index (χ2n) is 3.87. The van der Waals surface area contributed by atoms with Crippen molar-refractivity contribution in [3.8, 4) is 0 Å². The highest BCUT2D eigenvalue weighted by molar-refractivity contribution is 7.92. The van der Waals surface area contributed by atoms with E-state index in [4.69, 9.17) is 0 Å². The Kier molecular flexibility index (Phi) is 4.00. The summed E-state index contributed by atoms with van der Waals surface area (Å²) in [7, 11) is -3.79. The van der Waals surface area contributed by atoms with E-state index in [-0.39, 0.29) is 22.2 Å². The lowest BCUT2D eigenvalue weighted by Crippen LogP contribution is -2.14. The molecule has 0 aliphatic heterocycles. The fourth-order valence-corrected chi connectivity index (χ4v) is 3.52. The number of halogens is 3. The molecule has 0 aliphatic rings. The molecule has 0 unspecified atom stereocenters. The van der Waals surface area contributed by atoms with Gasteiger partial charge in [-0.1, -0.05) is 41.7 Å². The number of alkyl halides is 3. The molecule has 0 aliphatic carbocycles. The van der Waals surface area contributed by atoms with E-state index in [1.807, 2.05) is 4.72 Å². The normalized spacial score (nSPS) is 12.3. The molecule has 0 bridgehead atoms. The van der Waals surface area contributed by atoms with Gasteiger partial charge in [0, 0.05) is 0 Å². The van der Waals surface area contributed by atoms with Crippen LogP contribution in [-0.4, -0.2) is 13.4 Å². The summed E-state index contributed by atoms with van der Waals surface area (Å²) >= 11 is 0.251. The van der Waals surface area contributed by atoms with Crippen LogP contribution < -0.4 is 4.72 Å². The molecule has 0 saturated carbocycles. The van der Waals surface area contributed by atoms with Crippen molar-refractivity contribution in [2.45, 2.75) is 11.9 Å². The molecule has 2 rings (SSSR count). The molecular formula is C11H9F3N2O2S2. The van der Waals surface area contributed by atoms with Crippen molar-refractivity contribution in [1.82, 2.24) is 4.98 Å². The lowest BCUT2D eigenvalue weighted by Gasteiger charge is -2.05. The van der Waals surface area contributed by atoms with Gasteiger partial charge in [-0.15, -0.1) is 0 Å². The maximum atomic E-state index is 12.4. The van der Waals surface area contributed by atoms with Gasteiger partial charge in [-0.25, -0.2) is 13.4 Å². The van der Waals surface area contributed by atoms with Gasteiger partial charge in [-0.3, -0.25) is 4.72 Å². The van der Waals surface area contributed by atoms with Crippen LogP contribution in [0.25, 0.3) is 0 Å². The Morgan fingerprint density at radius 2 is 1.85 bits per heavy atom. The first kappa shape index (κ1) is 14.8. The molecule has 0 atom stereocenters. The smallest absolute Gasteiger partial charge is 0.258 e. The largest absolute Gasteiger partial charge is 0.427 e. The number of sulfonamides is 1. The Morgan fingerprint density at radius 3 is 2.40 bits per heavy atom. The fourth-order valence-electron chi connectivity index (χ4n) is 1.42. The Bertz CT molecular complexity index is 681. The van der Waals surface area contributed by atoms with Crippen molar-refractivity contribution >= 4 is 26.5 Å². The molecule has 1 heterocycles. The molecule has 4 nitrogen and oxygen atoms in total. The van der Waals surface area contributed by atoms with Crippen LogP contribution in [0.5, 0.6) is 0 Å². The van der Waals surface area contributed by atoms with Crippen LogP contribution in [0.2, 0.25) is 0 Å². The number of hydrogen-bond acceptors (Lipinski definition) is 4. The van der Waals surface area contributed by atoms with Crippen LogP contribution in [0.1, 0.15) is 10.4 Å². The van der Waals surface area contributed by atoms with E-state index >= 15 is 0 Å². The van der Waals surface area contributed by atoms with Crippen molar-refractivity contribution < 1.29 is 21.6 Å². The highest BCUT2D eigenvalue weighted by Crippen LogP contribution is 2.35. The van der Waals surface area contributed by atoms with Gasteiger partial charge in [0.15, 0.2) is 5.13 Å². The molecule has 9 heteroatoms. The monoisotopic (exact) mass is 322 g/mol. The van der Waals surface area contributed by atoms with Crippen molar-refractivity contribution in [3.63, 3.8) is 0 Å². The average molecular weight is 322 g/mol. The van der Waals surface area contributed by atoms with Crippen molar-refractivity contribution in [2.24, 2.45) is 0 Å². The zero-order valence-corrected chi connectivity index (χ0v) is 11.5. The summed E-state index contributed by atoms with van der Waals surface area (Å²) in [6.45, 7) is 0. The molecule has 2 aromatic rings. The molecule has 1 N–H and O–H groups in total. The minimum absolute atomic E-state index is 0.251. The van der Waals surface area contributed by atoms with Crippen LogP contribution in [0.15, 0.2) is 36.5 Å². The molecular weight excluding hydrogens is 313 g/mol. The van der Waals surface area contributed by atoms with Crippen LogP contribution in [0, 0.1) is 0 Å². The Balaban J connectivity index is 2.11. The third-order valence-corrected chi connectivity index (χ3v) is 4.53. The van der Waals surface area contributed by atoms with Crippen LogP contribution in [0.3, 0.4) is 0 Å². The Hall–Kier alpha value is -1.61. The Labute approximate surface area is 117 Å². The van der Waals surface area contributed by atoms with Crippen LogP contribution in [0.4, 0.5) is 18.3 Å². The van der Waals surface area contributed by atoms with Gasteiger partial charge in [0.1, 0.15) is 4.88 Å². The van der Waals surface area contributed by atoms with E-state index in [2.05, 4.69) is 4.98 Å². The molecule has 108 valence electrons. The summed E-state index contributed by atoms with van der Waals surface area (Å²) in [5.41, 5.74) is 0.535. The first-order valence-electron chi connectivity index (χ1n) is 5.34. The lowest BCUT2D eigenvalue weighted by atomic mass is 10.2. The third-order valence-electron chi connectivity index (χ3n) is 2.23. The summed E-state index contributed by atoms with van der Waals surface area (Å²) in [5, 5.41) is -0.298. The first-order valence-corrected chi connectivity index (χ1v) is 7.80. The summed E-state index contributed by atoms with van der Waals surface area (Å²) in [6.07, 6.45) is -3.92. The van der Waals surface area contributed by atoms with Gasteiger partial charge < -0.3 is 0 Å². The SMILES string of the molecule is O=S(=O)(Cc1ccccc1)Nc1ncc(C(F)(F)F)s1. The second kappa shape index (κ2) is 5.41. The van der Waals surface area contributed by atoms with E-state index < -0.39 is 21.1 Å². The van der Waals surface area contributed by atoms with E-state index in [1.54, 1.807) is 30.3 Å². The minimum Gasteiger partial charge on any atom is -0.258 e. The van der Waals surface area contributed by atoms with Gasteiger partial charge in [0.2, 0.25) is 10.0 Å². The van der Waals surface area contributed by atoms with E-state index in [0.29, 0.717) is 11.8 Å². The van der Waals surface area contributed by atoms with Crippen molar-refractivity contribution in [3.05, 3.63) is 47.0 Å². The molecule has 0 fully saturated rings. The molecule has 0 amide bonds. The predicted octanol–water partition coefficient (Wildman–Crippen LogP) is 3.10. The molecule has 0 spiro atoms. The number of aromatic nitrogens is 1. The van der Waals surface area contributed by atoms with Crippen molar-refractivity contribution in [1.29, 1.82) is 0 Å². The standard InChI is InChI=1S/C11H9F3N2O2S2/c12-11(13,14)9-6-15-10(19-9)16-20(17,18)7-8-4-2-1-3-5-8/h1-6H,7H2,(H,15,16). The number of hydrogen-bond donors (Lipinski definition) is 1. The van der Waals surface area contributed by atoms with Crippen LogP contribution in [-0.2, 0) is 22.0 Å². The summed E-state index contributed by atoms with van der Waals surface area (Å²) in [4.78, 5) is 2.47. The van der Waals surface area contributed by atoms with E-state index in [9.17, 15) is 21.6 Å². The van der Waals surface area contributed by atoms with Gasteiger partial charge in [0.25, 0.3) is 0 Å². The first-order chi connectivity index (χ1) is 9.26. The number of benzene rings is 1. The number of nitrogens with one attached hydrogen (secondary N) is 1. The molecule has 0 radical (unpaired) electrons. The Morgan fingerprint density at radius 1 is 1.20 bits per heavy atom. The van der Waals surface area contributed by atoms with Crippen molar-refractivity contribution in [2.75, 3.05) is 4.72 Å². The predicted molar refractivity (Wildman–Crippen MR) is 69.8 cm³/mol. The molecule has 1 aromatic carbocycles. The lowest BCUT2D eigenvalue weighted by molar-refractivity contribution is -0.134. The fraction of sp³-hybridized carbons (Fsp3) is 0.182. The molecule has 0 saturated heterocycles. The average Bonchev–Trinajstić information content (AvgIpc) is 2.77. The summed E-state index contributed by atoms with van der Waals surface area (Å²) in [5.74, 6) is -0.325. The zero-order valence-electron chi connectivity index (χ0n) is 9.89. The summed E-state index contributed by atoms with van der Waals surface area (Å²) in [6, 6.07) is 8.32. The van der Waals surface area contributed by atoms with Gasteiger partial charge in [-0.05, 0) is 5.56 Å². The number of thiazole rings is 1. The van der Waals surface area contributed by atoms with E-state index in [1.165, 1.54) is 0 Å².